The van der Waals surface area contributed by atoms with Crippen molar-refractivity contribution >= 4 is 11.8 Å². The lowest BCUT2D eigenvalue weighted by molar-refractivity contribution is -0.143. The Morgan fingerprint density at radius 3 is 2.53 bits per heavy atom. The predicted octanol–water partition coefficient (Wildman–Crippen LogP) is 2.33. The Kier molecular flexibility index (Phi) is 3.53. The van der Waals surface area contributed by atoms with Crippen molar-refractivity contribution in [3.8, 4) is 0 Å². The van der Waals surface area contributed by atoms with Crippen LogP contribution >= 0.6 is 0 Å². The zero-order chi connectivity index (χ0) is 11.6. The second-order valence-electron chi connectivity index (χ2n) is 5.28. The van der Waals surface area contributed by atoms with Gasteiger partial charge in [-0.15, -0.1) is 0 Å². The van der Waals surface area contributed by atoms with Gasteiger partial charge in [0.2, 0.25) is 0 Å². The summed E-state index contributed by atoms with van der Waals surface area (Å²) in [5, 5.41) is 0. The number of ether oxygens (including phenoxy) is 1. The molecule has 0 N–H and O–H groups in total. The maximum atomic E-state index is 11.8. The fraction of sp³-hybridized carbons (Fsp3) is 0.833. The van der Waals surface area contributed by atoms with Crippen molar-refractivity contribution in [3.05, 3.63) is 0 Å². The molecule has 1 saturated heterocycles. The van der Waals surface area contributed by atoms with Crippen LogP contribution in [0.4, 0.5) is 0 Å². The van der Waals surface area contributed by atoms with Gasteiger partial charge in [0, 0.05) is 17.8 Å². The molecule has 0 aromatic carbocycles. The van der Waals surface area contributed by atoms with E-state index in [1.165, 1.54) is 0 Å². The molecule has 0 amide bonds. The monoisotopic (exact) mass is 212 g/mol. The molecule has 86 valence electrons. The van der Waals surface area contributed by atoms with E-state index in [1.54, 1.807) is 0 Å². The minimum Gasteiger partial charge on any atom is -0.462 e. The number of cyclic esters (lactones) is 1. The lowest BCUT2D eigenvalue weighted by Crippen LogP contribution is -2.28. The average Bonchev–Trinajstić information content (AvgIpc) is 2.44. The van der Waals surface area contributed by atoms with Crippen LogP contribution in [0.25, 0.3) is 0 Å². The smallest absolute Gasteiger partial charge is 0.306 e. The van der Waals surface area contributed by atoms with E-state index < -0.39 is 0 Å². The maximum Gasteiger partial charge on any atom is 0.306 e. The molecule has 0 aromatic rings. The highest BCUT2D eigenvalue weighted by molar-refractivity contribution is 5.85. The van der Waals surface area contributed by atoms with Gasteiger partial charge in [-0.1, -0.05) is 27.7 Å². The zero-order valence-corrected chi connectivity index (χ0v) is 10.0. The summed E-state index contributed by atoms with van der Waals surface area (Å²) in [5.41, 5.74) is -0.340. The summed E-state index contributed by atoms with van der Waals surface area (Å²) in [6, 6.07) is 0. The van der Waals surface area contributed by atoms with E-state index in [-0.39, 0.29) is 29.2 Å². The van der Waals surface area contributed by atoms with E-state index in [0.29, 0.717) is 12.8 Å². The van der Waals surface area contributed by atoms with Crippen LogP contribution in [0.2, 0.25) is 0 Å². The molecule has 1 aliphatic rings. The van der Waals surface area contributed by atoms with E-state index >= 15 is 0 Å². The number of hydrogen-bond acceptors (Lipinski definition) is 3. The molecule has 3 heteroatoms. The van der Waals surface area contributed by atoms with Gasteiger partial charge in [0.1, 0.15) is 11.9 Å². The van der Waals surface area contributed by atoms with Crippen LogP contribution in [-0.2, 0) is 14.3 Å². The molecule has 1 aliphatic heterocycles. The van der Waals surface area contributed by atoms with E-state index in [4.69, 9.17) is 4.74 Å². The van der Waals surface area contributed by atoms with E-state index in [1.807, 2.05) is 27.7 Å². The van der Waals surface area contributed by atoms with Gasteiger partial charge in [0.05, 0.1) is 6.42 Å². The molecule has 0 radical (unpaired) electrons. The molecule has 0 bridgehead atoms. The Balaban J connectivity index is 2.58. The van der Waals surface area contributed by atoms with Crippen LogP contribution in [0.3, 0.4) is 0 Å². The molecule has 0 aliphatic carbocycles. The average molecular weight is 212 g/mol. The van der Waals surface area contributed by atoms with Gasteiger partial charge in [-0.3, -0.25) is 9.59 Å². The molecule has 2 atom stereocenters. The van der Waals surface area contributed by atoms with Crippen LogP contribution in [0.5, 0.6) is 0 Å². The molecule has 1 fully saturated rings. The van der Waals surface area contributed by atoms with Gasteiger partial charge in [-0.2, -0.15) is 0 Å². The topological polar surface area (TPSA) is 43.4 Å². The molecule has 0 saturated carbocycles. The fourth-order valence-electron chi connectivity index (χ4n) is 1.76. The SMILES string of the molecule is CC[C@H]1CC(=O)O[C@@H]1CC(=O)C(C)(C)C. The van der Waals surface area contributed by atoms with Gasteiger partial charge < -0.3 is 4.74 Å². The van der Waals surface area contributed by atoms with Crippen molar-refractivity contribution in [2.24, 2.45) is 11.3 Å². The van der Waals surface area contributed by atoms with E-state index in [0.717, 1.165) is 6.42 Å². The molecular formula is C12H20O3. The van der Waals surface area contributed by atoms with Crippen LogP contribution in [0.1, 0.15) is 47.0 Å². The number of Topliss-reactive ketones (excluding diaryl/α,β-unsaturated/α-hetero) is 1. The molecule has 0 spiro atoms. The largest absolute Gasteiger partial charge is 0.462 e. The lowest BCUT2D eigenvalue weighted by Gasteiger charge is -2.21. The van der Waals surface area contributed by atoms with Crippen molar-refractivity contribution in [2.45, 2.75) is 53.1 Å². The highest BCUT2D eigenvalue weighted by Gasteiger charge is 2.36. The van der Waals surface area contributed by atoms with Gasteiger partial charge >= 0.3 is 5.97 Å². The third-order valence-corrected chi connectivity index (χ3v) is 2.98. The van der Waals surface area contributed by atoms with Crippen molar-refractivity contribution in [1.29, 1.82) is 0 Å². The summed E-state index contributed by atoms with van der Waals surface area (Å²) in [6.45, 7) is 7.72. The van der Waals surface area contributed by atoms with Crippen molar-refractivity contribution in [2.75, 3.05) is 0 Å². The van der Waals surface area contributed by atoms with Crippen LogP contribution in [-0.4, -0.2) is 17.9 Å². The normalized spacial score (nSPS) is 26.5. The van der Waals surface area contributed by atoms with Crippen LogP contribution in [0.15, 0.2) is 0 Å². The molecule has 1 heterocycles. The van der Waals surface area contributed by atoms with Crippen LogP contribution in [0, 0.1) is 11.3 Å². The number of hydrogen-bond donors (Lipinski definition) is 0. The molecule has 15 heavy (non-hydrogen) atoms. The first-order valence-corrected chi connectivity index (χ1v) is 5.57. The van der Waals surface area contributed by atoms with E-state index in [2.05, 4.69) is 0 Å². The minimum atomic E-state index is -0.340. The number of carbonyl (C=O) groups is 2. The highest BCUT2D eigenvalue weighted by atomic mass is 16.5. The van der Waals surface area contributed by atoms with E-state index in [9.17, 15) is 9.59 Å². The number of carbonyl (C=O) groups excluding carboxylic acids is 2. The third-order valence-electron chi connectivity index (χ3n) is 2.98. The van der Waals surface area contributed by atoms with Crippen molar-refractivity contribution in [3.63, 3.8) is 0 Å². The molecular weight excluding hydrogens is 192 g/mol. The first-order valence-electron chi connectivity index (χ1n) is 5.57. The number of rotatable bonds is 3. The second kappa shape index (κ2) is 4.33. The van der Waals surface area contributed by atoms with Gasteiger partial charge in [0.15, 0.2) is 0 Å². The lowest BCUT2D eigenvalue weighted by atomic mass is 9.84. The van der Waals surface area contributed by atoms with Crippen molar-refractivity contribution < 1.29 is 14.3 Å². The minimum absolute atomic E-state index is 0.159. The summed E-state index contributed by atoms with van der Waals surface area (Å²) in [5.74, 6) is 0.234. The highest BCUT2D eigenvalue weighted by Crippen LogP contribution is 2.30. The van der Waals surface area contributed by atoms with Gasteiger partial charge in [-0.25, -0.2) is 0 Å². The molecule has 0 aromatic heterocycles. The Morgan fingerprint density at radius 2 is 2.07 bits per heavy atom. The summed E-state index contributed by atoms with van der Waals surface area (Å²) in [7, 11) is 0. The maximum absolute atomic E-state index is 11.8. The summed E-state index contributed by atoms with van der Waals surface area (Å²) >= 11 is 0. The van der Waals surface area contributed by atoms with Crippen LogP contribution < -0.4 is 0 Å². The Hall–Kier alpha value is -0.860. The predicted molar refractivity (Wildman–Crippen MR) is 57.4 cm³/mol. The molecule has 3 nitrogen and oxygen atoms in total. The summed E-state index contributed by atoms with van der Waals surface area (Å²) < 4.78 is 5.17. The Morgan fingerprint density at radius 1 is 1.47 bits per heavy atom. The van der Waals surface area contributed by atoms with Gasteiger partial charge in [-0.05, 0) is 6.42 Å². The fourth-order valence-corrected chi connectivity index (χ4v) is 1.76. The van der Waals surface area contributed by atoms with Crippen molar-refractivity contribution in [1.82, 2.24) is 0 Å². The third kappa shape index (κ3) is 3.05. The first-order chi connectivity index (χ1) is 6.84. The summed E-state index contributed by atoms with van der Waals surface area (Å²) in [4.78, 5) is 22.9. The summed E-state index contributed by atoms with van der Waals surface area (Å²) in [6.07, 6.45) is 1.55. The standard InChI is InChI=1S/C12H20O3/c1-5-8-6-11(14)15-9(8)7-10(13)12(2,3)4/h8-9H,5-7H2,1-4H3/t8-,9+/m0/s1. The van der Waals surface area contributed by atoms with Gasteiger partial charge in [0.25, 0.3) is 0 Å². The molecule has 0 unspecified atom stereocenters. The Bertz CT molecular complexity index is 263. The molecule has 1 rings (SSSR count). The zero-order valence-electron chi connectivity index (χ0n) is 10.0. The number of ketones is 1. The quantitative estimate of drug-likeness (QED) is 0.674. The number of esters is 1. The first kappa shape index (κ1) is 12.2. The second-order valence-corrected chi connectivity index (χ2v) is 5.28. The Labute approximate surface area is 91.2 Å².